The highest BCUT2D eigenvalue weighted by Gasteiger charge is 2.65. The summed E-state index contributed by atoms with van der Waals surface area (Å²) in [5.41, 5.74) is 1.46. The summed E-state index contributed by atoms with van der Waals surface area (Å²) in [6.07, 6.45) is 7.67. The van der Waals surface area contributed by atoms with Crippen molar-refractivity contribution in [3.63, 3.8) is 0 Å². The van der Waals surface area contributed by atoms with Crippen LogP contribution in [-0.2, 0) is 11.2 Å². The Balaban J connectivity index is 1.33. The van der Waals surface area contributed by atoms with Gasteiger partial charge in [0.15, 0.2) is 5.96 Å². The summed E-state index contributed by atoms with van der Waals surface area (Å²) in [5, 5.41) is 7.12. The van der Waals surface area contributed by atoms with E-state index in [1.54, 1.807) is 0 Å². The van der Waals surface area contributed by atoms with Gasteiger partial charge in [0.05, 0.1) is 6.10 Å². The smallest absolute Gasteiger partial charge is 0.191 e. The summed E-state index contributed by atoms with van der Waals surface area (Å²) in [4.78, 5) is 4.42. The molecule has 1 saturated heterocycles. The molecule has 5 heteroatoms. The van der Waals surface area contributed by atoms with Crippen LogP contribution in [0.4, 0.5) is 4.39 Å². The monoisotopic (exact) mass is 345 g/mol. The Hall–Kier alpha value is -1.62. The highest BCUT2D eigenvalue weighted by molar-refractivity contribution is 5.80. The van der Waals surface area contributed by atoms with Crippen LogP contribution in [0.1, 0.15) is 37.7 Å². The maximum Gasteiger partial charge on any atom is 0.191 e. The topological polar surface area (TPSA) is 45.7 Å². The number of nitrogens with zero attached hydrogens (tertiary/aromatic N) is 1. The quantitative estimate of drug-likeness (QED) is 0.651. The fraction of sp³-hybridized carbons (Fsp3) is 0.650. The van der Waals surface area contributed by atoms with Gasteiger partial charge in [0.25, 0.3) is 0 Å². The molecule has 3 unspecified atom stereocenters. The third-order valence-electron chi connectivity index (χ3n) is 6.42. The molecule has 3 fully saturated rings. The fourth-order valence-electron chi connectivity index (χ4n) is 5.22. The lowest BCUT2D eigenvalue weighted by Gasteiger charge is -2.57. The van der Waals surface area contributed by atoms with E-state index in [0.29, 0.717) is 23.5 Å². The molecule has 0 amide bonds. The molecular formula is C20H28FN3O. The summed E-state index contributed by atoms with van der Waals surface area (Å²) in [6.45, 7) is 1.70. The fourth-order valence-corrected chi connectivity index (χ4v) is 5.22. The van der Waals surface area contributed by atoms with Gasteiger partial charge >= 0.3 is 0 Å². The molecule has 3 aliphatic rings. The van der Waals surface area contributed by atoms with E-state index in [1.165, 1.54) is 37.8 Å². The van der Waals surface area contributed by atoms with Gasteiger partial charge in [-0.1, -0.05) is 25.0 Å². The Labute approximate surface area is 149 Å². The number of benzene rings is 1. The molecule has 1 aromatic carbocycles. The van der Waals surface area contributed by atoms with Gasteiger partial charge in [0.2, 0.25) is 0 Å². The maximum atomic E-state index is 13.0. The highest BCUT2D eigenvalue weighted by atomic mass is 19.1. The summed E-state index contributed by atoms with van der Waals surface area (Å²) in [7, 11) is 1.83. The predicted octanol–water partition coefficient (Wildman–Crippen LogP) is 2.88. The Morgan fingerprint density at radius 3 is 2.76 bits per heavy atom. The molecule has 136 valence electrons. The van der Waals surface area contributed by atoms with Gasteiger partial charge in [-0.15, -0.1) is 0 Å². The van der Waals surface area contributed by atoms with Crippen LogP contribution in [0.3, 0.4) is 0 Å². The maximum absolute atomic E-state index is 13.0. The van der Waals surface area contributed by atoms with E-state index in [1.807, 2.05) is 19.2 Å². The minimum absolute atomic E-state index is 0.186. The molecule has 0 aromatic heterocycles. The largest absolute Gasteiger partial charge is 0.377 e. The first-order valence-electron chi connectivity index (χ1n) is 9.56. The molecule has 0 bridgehead atoms. The van der Waals surface area contributed by atoms with Crippen molar-refractivity contribution in [3.05, 3.63) is 35.6 Å². The van der Waals surface area contributed by atoms with Crippen LogP contribution < -0.4 is 10.6 Å². The van der Waals surface area contributed by atoms with Crippen LogP contribution in [0.25, 0.3) is 0 Å². The molecule has 2 N–H and O–H groups in total. The van der Waals surface area contributed by atoms with Crippen molar-refractivity contribution in [1.29, 1.82) is 0 Å². The molecule has 2 aliphatic carbocycles. The van der Waals surface area contributed by atoms with E-state index in [2.05, 4.69) is 15.6 Å². The average Bonchev–Trinajstić information content (AvgIpc) is 3.28. The summed E-state index contributed by atoms with van der Waals surface area (Å²) in [5.74, 6) is 1.33. The molecule has 1 heterocycles. The number of nitrogens with one attached hydrogen (secondary N) is 2. The first kappa shape index (κ1) is 16.8. The number of rotatable bonds is 4. The predicted molar refractivity (Wildman–Crippen MR) is 97.1 cm³/mol. The zero-order valence-electron chi connectivity index (χ0n) is 14.9. The molecular weight excluding hydrogens is 317 g/mol. The van der Waals surface area contributed by atoms with E-state index in [4.69, 9.17) is 4.74 Å². The lowest BCUT2D eigenvalue weighted by atomic mass is 9.54. The number of hydrogen-bond acceptors (Lipinski definition) is 2. The van der Waals surface area contributed by atoms with Crippen LogP contribution in [0, 0.1) is 17.2 Å². The standard InChI is InChI=1S/C20H28FN3O/c1-22-19(23-12-8-14-4-6-15(21)7-5-14)24-17-16-9-13-25-18(16)20(17)10-2-3-11-20/h4-7,16-18H,2-3,8-13H2,1H3,(H2,22,23,24). The molecule has 25 heavy (non-hydrogen) atoms. The van der Waals surface area contributed by atoms with E-state index < -0.39 is 0 Å². The Bertz CT molecular complexity index is 624. The number of hydrogen-bond donors (Lipinski definition) is 2. The van der Waals surface area contributed by atoms with Crippen molar-refractivity contribution in [2.24, 2.45) is 16.3 Å². The van der Waals surface area contributed by atoms with E-state index >= 15 is 0 Å². The van der Waals surface area contributed by atoms with Crippen molar-refractivity contribution >= 4 is 5.96 Å². The summed E-state index contributed by atoms with van der Waals surface area (Å²) < 4.78 is 19.0. The van der Waals surface area contributed by atoms with Gasteiger partial charge in [-0.2, -0.15) is 0 Å². The molecule has 2 saturated carbocycles. The second kappa shape index (κ2) is 6.94. The summed E-state index contributed by atoms with van der Waals surface area (Å²) >= 11 is 0. The highest BCUT2D eigenvalue weighted by Crippen LogP contribution is 2.60. The number of aliphatic imine (C=N–C) groups is 1. The van der Waals surface area contributed by atoms with Crippen LogP contribution in [0.15, 0.2) is 29.3 Å². The van der Waals surface area contributed by atoms with Crippen LogP contribution in [0.2, 0.25) is 0 Å². The third-order valence-corrected chi connectivity index (χ3v) is 6.42. The first-order valence-corrected chi connectivity index (χ1v) is 9.56. The van der Waals surface area contributed by atoms with Crippen LogP contribution >= 0.6 is 0 Å². The zero-order valence-corrected chi connectivity index (χ0v) is 14.9. The van der Waals surface area contributed by atoms with Crippen LogP contribution in [-0.4, -0.2) is 38.3 Å². The van der Waals surface area contributed by atoms with Gasteiger partial charge in [0.1, 0.15) is 5.82 Å². The molecule has 1 aromatic rings. The Kier molecular flexibility index (Phi) is 4.67. The van der Waals surface area contributed by atoms with Gasteiger partial charge in [0, 0.05) is 37.6 Å². The van der Waals surface area contributed by atoms with Gasteiger partial charge in [-0.25, -0.2) is 4.39 Å². The lowest BCUT2D eigenvalue weighted by Crippen LogP contribution is -2.69. The van der Waals surface area contributed by atoms with Crippen molar-refractivity contribution in [1.82, 2.24) is 10.6 Å². The Morgan fingerprint density at radius 1 is 1.28 bits per heavy atom. The number of guanidine groups is 1. The lowest BCUT2D eigenvalue weighted by molar-refractivity contribution is -0.125. The summed E-state index contributed by atoms with van der Waals surface area (Å²) in [6, 6.07) is 7.20. The Morgan fingerprint density at radius 2 is 2.04 bits per heavy atom. The number of halogens is 1. The molecule has 4 nitrogen and oxygen atoms in total. The van der Waals surface area contributed by atoms with Crippen molar-refractivity contribution in [2.45, 2.75) is 50.7 Å². The van der Waals surface area contributed by atoms with E-state index in [0.717, 1.165) is 37.5 Å². The van der Waals surface area contributed by atoms with E-state index in [-0.39, 0.29) is 5.82 Å². The SMILES string of the molecule is CN=C(NCCc1ccc(F)cc1)NC1C2CCOC2C12CCCC2. The number of ether oxygens (including phenoxy) is 1. The molecule has 1 aliphatic heterocycles. The molecule has 1 spiro atoms. The second-order valence-electron chi connectivity index (χ2n) is 7.68. The van der Waals surface area contributed by atoms with Crippen molar-refractivity contribution in [2.75, 3.05) is 20.2 Å². The minimum atomic E-state index is -0.186. The van der Waals surface area contributed by atoms with Crippen LogP contribution in [0.5, 0.6) is 0 Å². The zero-order chi connectivity index (χ0) is 17.3. The normalized spacial score (nSPS) is 30.2. The minimum Gasteiger partial charge on any atom is -0.377 e. The second-order valence-corrected chi connectivity index (χ2v) is 7.68. The van der Waals surface area contributed by atoms with Crippen molar-refractivity contribution < 1.29 is 9.13 Å². The van der Waals surface area contributed by atoms with Gasteiger partial charge in [-0.05, 0) is 43.4 Å². The third kappa shape index (κ3) is 3.03. The van der Waals surface area contributed by atoms with Gasteiger partial charge < -0.3 is 15.4 Å². The van der Waals surface area contributed by atoms with Gasteiger partial charge in [-0.3, -0.25) is 4.99 Å². The molecule has 4 rings (SSSR count). The first-order chi connectivity index (χ1) is 12.2. The average molecular weight is 345 g/mol. The van der Waals surface area contributed by atoms with E-state index in [9.17, 15) is 4.39 Å². The number of fused-ring (bicyclic) bond motifs is 2. The van der Waals surface area contributed by atoms with Crippen molar-refractivity contribution in [3.8, 4) is 0 Å². The molecule has 3 atom stereocenters. The molecule has 0 radical (unpaired) electrons.